The third kappa shape index (κ3) is 4.65. The van der Waals surface area contributed by atoms with Crippen molar-refractivity contribution in [3.63, 3.8) is 0 Å². The Morgan fingerprint density at radius 3 is 2.43 bits per heavy atom. The first-order valence-corrected chi connectivity index (χ1v) is 8.60. The van der Waals surface area contributed by atoms with E-state index in [-0.39, 0.29) is 5.41 Å². The molecule has 1 aromatic heterocycles. The fourth-order valence-electron chi connectivity index (χ4n) is 2.37. The molecule has 0 aliphatic rings. The molecule has 21 heavy (non-hydrogen) atoms. The van der Waals surface area contributed by atoms with Gasteiger partial charge in [-0.15, -0.1) is 11.3 Å². The second-order valence-electron chi connectivity index (χ2n) is 6.56. The van der Waals surface area contributed by atoms with Crippen molar-refractivity contribution in [2.45, 2.75) is 52.0 Å². The molecule has 1 atom stereocenters. The second kappa shape index (κ2) is 7.19. The van der Waals surface area contributed by atoms with Crippen molar-refractivity contribution in [2.75, 3.05) is 6.54 Å². The predicted octanol–water partition coefficient (Wildman–Crippen LogP) is 4.72. The number of thiazole rings is 1. The monoisotopic (exact) mass is 302 g/mol. The summed E-state index contributed by atoms with van der Waals surface area (Å²) in [5, 5.41) is 3.64. The van der Waals surface area contributed by atoms with Crippen LogP contribution in [0.1, 0.15) is 56.2 Å². The van der Waals surface area contributed by atoms with Gasteiger partial charge >= 0.3 is 0 Å². The summed E-state index contributed by atoms with van der Waals surface area (Å²) in [6, 6.07) is 9.43. The first kappa shape index (κ1) is 16.2. The van der Waals surface area contributed by atoms with Crippen LogP contribution < -0.4 is 5.32 Å². The molecule has 0 radical (unpaired) electrons. The Labute approximate surface area is 132 Å². The topological polar surface area (TPSA) is 24.9 Å². The van der Waals surface area contributed by atoms with Crippen LogP contribution in [0.2, 0.25) is 0 Å². The number of rotatable bonds is 6. The van der Waals surface area contributed by atoms with Gasteiger partial charge in [0.25, 0.3) is 0 Å². The molecule has 2 nitrogen and oxygen atoms in total. The van der Waals surface area contributed by atoms with Gasteiger partial charge in [-0.3, -0.25) is 4.98 Å². The summed E-state index contributed by atoms with van der Waals surface area (Å²) in [6.07, 6.45) is 4.16. The Morgan fingerprint density at radius 2 is 1.90 bits per heavy atom. The summed E-state index contributed by atoms with van der Waals surface area (Å²) in [7, 11) is 0. The summed E-state index contributed by atoms with van der Waals surface area (Å²) in [5.41, 5.74) is 4.90. The molecule has 1 aromatic carbocycles. The Balaban J connectivity index is 2.09. The molecule has 114 valence electrons. The third-order valence-electron chi connectivity index (χ3n) is 3.70. The molecule has 1 heterocycles. The molecule has 1 unspecified atom stereocenters. The largest absolute Gasteiger partial charge is 0.309 e. The van der Waals surface area contributed by atoms with Crippen molar-refractivity contribution in [2.24, 2.45) is 0 Å². The first-order valence-electron chi connectivity index (χ1n) is 7.72. The molecule has 3 heteroatoms. The summed E-state index contributed by atoms with van der Waals surface area (Å²) in [6.45, 7) is 10.0. The number of nitrogens with zero attached hydrogens (tertiary/aromatic N) is 1. The summed E-state index contributed by atoms with van der Waals surface area (Å²) < 4.78 is 0. The molecular formula is C18H26N2S. The van der Waals surface area contributed by atoms with Gasteiger partial charge < -0.3 is 5.32 Å². The lowest BCUT2D eigenvalue weighted by atomic mass is 9.86. The first-order chi connectivity index (χ1) is 10.0. The molecular weight excluding hydrogens is 276 g/mol. The SMILES string of the molecule is CCCNC(Cc1ccc(C(C)(C)C)cc1)c1cncs1. The van der Waals surface area contributed by atoms with Crippen LogP contribution in [0.15, 0.2) is 36.0 Å². The van der Waals surface area contributed by atoms with E-state index in [1.165, 1.54) is 16.0 Å². The highest BCUT2D eigenvalue weighted by Crippen LogP contribution is 2.25. The van der Waals surface area contributed by atoms with E-state index in [0.29, 0.717) is 6.04 Å². The lowest BCUT2D eigenvalue weighted by Crippen LogP contribution is -2.23. The molecule has 0 amide bonds. The molecule has 0 saturated carbocycles. The highest BCUT2D eigenvalue weighted by Gasteiger charge is 2.15. The standard InChI is InChI=1S/C18H26N2S/c1-5-10-20-16(17-12-19-13-21-17)11-14-6-8-15(9-7-14)18(2,3)4/h6-9,12-13,16,20H,5,10-11H2,1-4H3. The molecule has 0 saturated heterocycles. The van der Waals surface area contributed by atoms with Crippen LogP contribution in [0.3, 0.4) is 0 Å². The highest BCUT2D eigenvalue weighted by atomic mass is 32.1. The highest BCUT2D eigenvalue weighted by molar-refractivity contribution is 7.09. The molecule has 0 aliphatic carbocycles. The van der Waals surface area contributed by atoms with Crippen molar-refractivity contribution in [3.05, 3.63) is 52.0 Å². The average Bonchev–Trinajstić information content (AvgIpc) is 2.97. The van der Waals surface area contributed by atoms with E-state index in [1.807, 2.05) is 11.7 Å². The molecule has 1 N–H and O–H groups in total. The minimum absolute atomic E-state index is 0.218. The van der Waals surface area contributed by atoms with Gasteiger partial charge in [0.2, 0.25) is 0 Å². The lowest BCUT2D eigenvalue weighted by molar-refractivity contribution is 0.535. The van der Waals surface area contributed by atoms with Crippen molar-refractivity contribution in [1.82, 2.24) is 10.3 Å². The van der Waals surface area contributed by atoms with E-state index < -0.39 is 0 Å². The number of nitrogens with one attached hydrogen (secondary N) is 1. The van der Waals surface area contributed by atoms with Gasteiger partial charge in [-0.05, 0) is 35.9 Å². The Morgan fingerprint density at radius 1 is 1.19 bits per heavy atom. The summed E-state index contributed by atoms with van der Waals surface area (Å²) >= 11 is 1.73. The van der Waals surface area contributed by atoms with Crippen LogP contribution in [0.25, 0.3) is 0 Å². The van der Waals surface area contributed by atoms with Gasteiger partial charge in [0.15, 0.2) is 0 Å². The molecule has 0 bridgehead atoms. The van der Waals surface area contributed by atoms with Gasteiger partial charge in [0, 0.05) is 17.1 Å². The quantitative estimate of drug-likeness (QED) is 0.835. The average molecular weight is 302 g/mol. The Hall–Kier alpha value is -1.19. The predicted molar refractivity (Wildman–Crippen MR) is 92.0 cm³/mol. The van der Waals surface area contributed by atoms with E-state index in [9.17, 15) is 0 Å². The maximum absolute atomic E-state index is 4.22. The number of aromatic nitrogens is 1. The van der Waals surface area contributed by atoms with Gasteiger partial charge in [-0.1, -0.05) is 52.0 Å². The third-order valence-corrected chi connectivity index (χ3v) is 4.58. The van der Waals surface area contributed by atoms with E-state index in [4.69, 9.17) is 0 Å². The van der Waals surface area contributed by atoms with Crippen LogP contribution >= 0.6 is 11.3 Å². The Kier molecular flexibility index (Phi) is 5.54. The van der Waals surface area contributed by atoms with Crippen molar-refractivity contribution in [1.29, 1.82) is 0 Å². The lowest BCUT2D eigenvalue weighted by Gasteiger charge is -2.20. The number of hydrogen-bond donors (Lipinski definition) is 1. The maximum Gasteiger partial charge on any atom is 0.0794 e. The van der Waals surface area contributed by atoms with Crippen LogP contribution in [-0.4, -0.2) is 11.5 Å². The fraction of sp³-hybridized carbons (Fsp3) is 0.500. The minimum atomic E-state index is 0.218. The Bertz CT molecular complexity index is 523. The zero-order valence-corrected chi connectivity index (χ0v) is 14.3. The molecule has 0 spiro atoms. The second-order valence-corrected chi connectivity index (χ2v) is 7.48. The molecule has 2 aromatic rings. The fourth-order valence-corrected chi connectivity index (χ4v) is 3.06. The normalized spacial score (nSPS) is 13.3. The van der Waals surface area contributed by atoms with Crippen molar-refractivity contribution >= 4 is 11.3 Å². The zero-order valence-electron chi connectivity index (χ0n) is 13.5. The van der Waals surface area contributed by atoms with E-state index in [1.54, 1.807) is 11.3 Å². The van der Waals surface area contributed by atoms with E-state index in [0.717, 1.165) is 19.4 Å². The van der Waals surface area contributed by atoms with Crippen LogP contribution in [-0.2, 0) is 11.8 Å². The summed E-state index contributed by atoms with van der Waals surface area (Å²) in [4.78, 5) is 5.54. The van der Waals surface area contributed by atoms with Gasteiger partial charge in [-0.2, -0.15) is 0 Å². The molecule has 2 rings (SSSR count). The minimum Gasteiger partial charge on any atom is -0.309 e. The molecule has 0 fully saturated rings. The zero-order chi connectivity index (χ0) is 15.3. The van der Waals surface area contributed by atoms with Gasteiger partial charge in [0.05, 0.1) is 5.51 Å². The maximum atomic E-state index is 4.22. The summed E-state index contributed by atoms with van der Waals surface area (Å²) in [5.74, 6) is 0. The number of hydrogen-bond acceptors (Lipinski definition) is 3. The smallest absolute Gasteiger partial charge is 0.0794 e. The van der Waals surface area contributed by atoms with Gasteiger partial charge in [-0.25, -0.2) is 0 Å². The number of benzene rings is 1. The van der Waals surface area contributed by atoms with Gasteiger partial charge in [0.1, 0.15) is 0 Å². The van der Waals surface area contributed by atoms with Crippen molar-refractivity contribution < 1.29 is 0 Å². The molecule has 0 aliphatic heterocycles. The van der Waals surface area contributed by atoms with Crippen LogP contribution in [0.5, 0.6) is 0 Å². The van der Waals surface area contributed by atoms with E-state index in [2.05, 4.69) is 62.3 Å². The van der Waals surface area contributed by atoms with Crippen LogP contribution in [0, 0.1) is 0 Å². The van der Waals surface area contributed by atoms with E-state index >= 15 is 0 Å². The van der Waals surface area contributed by atoms with Crippen LogP contribution in [0.4, 0.5) is 0 Å². The van der Waals surface area contributed by atoms with Crippen molar-refractivity contribution in [3.8, 4) is 0 Å².